The van der Waals surface area contributed by atoms with E-state index < -0.39 is 26.3 Å². The molecule has 5 heteroatoms. The van der Waals surface area contributed by atoms with E-state index in [9.17, 15) is 5.11 Å². The van der Waals surface area contributed by atoms with Crippen molar-refractivity contribution in [3.63, 3.8) is 0 Å². The van der Waals surface area contributed by atoms with Crippen LogP contribution in [-0.2, 0) is 26.3 Å². The summed E-state index contributed by atoms with van der Waals surface area (Å²) in [5.74, 6) is 0.269. The van der Waals surface area contributed by atoms with Gasteiger partial charge in [0.2, 0.25) is 0 Å². The summed E-state index contributed by atoms with van der Waals surface area (Å²) < 4.78 is 0. The van der Waals surface area contributed by atoms with Crippen molar-refractivity contribution in [3.05, 3.63) is 125 Å². The van der Waals surface area contributed by atoms with Gasteiger partial charge in [0.25, 0.3) is 0 Å². The number of benzene rings is 4. The van der Waals surface area contributed by atoms with Crippen molar-refractivity contribution in [2.24, 2.45) is 4.99 Å². The van der Waals surface area contributed by atoms with Crippen LogP contribution in [0.3, 0.4) is 0 Å². The number of phenols is 1. The monoisotopic (exact) mass is 579 g/mol. The van der Waals surface area contributed by atoms with Crippen LogP contribution in [0.4, 0.5) is 0 Å². The molecular formula is C30H29Cl2NOZr. The van der Waals surface area contributed by atoms with Crippen LogP contribution in [-0.4, -0.2) is 17.4 Å². The second-order valence-electron chi connectivity index (χ2n) is 8.59. The molecule has 4 aromatic rings. The second kappa shape index (κ2) is 13.2. The zero-order valence-electron chi connectivity index (χ0n) is 20.1. The molecule has 0 aliphatic carbocycles. The van der Waals surface area contributed by atoms with Gasteiger partial charge in [-0.25, -0.2) is 0 Å². The van der Waals surface area contributed by atoms with Gasteiger partial charge in [0.05, 0.1) is 0 Å². The third-order valence-corrected chi connectivity index (χ3v) is 6.04. The molecule has 0 fully saturated rings. The van der Waals surface area contributed by atoms with Crippen molar-refractivity contribution < 1.29 is 26.0 Å². The summed E-state index contributed by atoms with van der Waals surface area (Å²) in [6.07, 6.45) is 1.82. The first-order valence-electron chi connectivity index (χ1n) is 11.5. The topological polar surface area (TPSA) is 32.6 Å². The molecule has 0 radical (unpaired) electrons. The average Bonchev–Trinajstić information content (AvgIpc) is 2.89. The Bertz CT molecular complexity index is 1190. The van der Waals surface area contributed by atoms with Gasteiger partial charge >= 0.3 is 37.9 Å². The standard InChI is InChI=1S/C30H29NO.2ClH.Zr/c1-22(2)31-21-27-26(23-13-7-4-8-14-23)19-20-28(29(27)32)30(3,24-15-9-5-10-16-24)25-17-11-6-12-18-25;;;/h4-22,32H,1-3H3;2*1H;/q;;;+2/p-2. The first-order chi connectivity index (χ1) is 16.9. The maximum absolute atomic E-state index is 11.7. The molecule has 4 aromatic carbocycles. The molecule has 0 aliphatic rings. The Morgan fingerprint density at radius 2 is 1.23 bits per heavy atom. The van der Waals surface area contributed by atoms with Crippen molar-refractivity contribution in [3.8, 4) is 16.9 Å². The molecule has 2 nitrogen and oxygen atoms in total. The Hall–Kier alpha value is -2.19. The third-order valence-electron chi connectivity index (χ3n) is 6.04. The van der Waals surface area contributed by atoms with Crippen LogP contribution in [0.5, 0.6) is 5.75 Å². The normalized spacial score (nSPS) is 11.3. The van der Waals surface area contributed by atoms with Gasteiger partial charge in [-0.05, 0) is 43.0 Å². The van der Waals surface area contributed by atoms with Gasteiger partial charge < -0.3 is 5.11 Å². The van der Waals surface area contributed by atoms with Crippen LogP contribution < -0.4 is 0 Å². The fraction of sp³-hybridized carbons (Fsp3) is 0.167. The number of nitrogens with zero attached hydrogens (tertiary/aromatic N) is 1. The molecule has 178 valence electrons. The van der Waals surface area contributed by atoms with Gasteiger partial charge in [-0.2, -0.15) is 0 Å². The second-order valence-corrected chi connectivity index (χ2v) is 12.3. The zero-order valence-corrected chi connectivity index (χ0v) is 24.1. The fourth-order valence-electron chi connectivity index (χ4n) is 4.26. The van der Waals surface area contributed by atoms with Crippen LogP contribution in [0, 0.1) is 0 Å². The van der Waals surface area contributed by atoms with Crippen molar-refractivity contribution in [1.82, 2.24) is 0 Å². The molecule has 0 aromatic heterocycles. The third kappa shape index (κ3) is 6.53. The van der Waals surface area contributed by atoms with E-state index >= 15 is 0 Å². The summed E-state index contributed by atoms with van der Waals surface area (Å²) in [5.41, 5.74) is 5.37. The van der Waals surface area contributed by atoms with Crippen LogP contribution in [0.25, 0.3) is 11.1 Å². The number of aromatic hydroxyl groups is 1. The van der Waals surface area contributed by atoms with Gasteiger partial charge in [0.1, 0.15) is 5.75 Å². The fourth-order valence-corrected chi connectivity index (χ4v) is 4.26. The summed E-state index contributed by atoms with van der Waals surface area (Å²) >= 11 is -0.826. The van der Waals surface area contributed by atoms with E-state index in [4.69, 9.17) is 17.0 Å². The van der Waals surface area contributed by atoms with E-state index in [1.165, 1.54) is 0 Å². The first kappa shape index (κ1) is 27.4. The van der Waals surface area contributed by atoms with Gasteiger partial charge in [-0.15, -0.1) is 0 Å². The molecule has 0 aliphatic heterocycles. The van der Waals surface area contributed by atoms with Crippen LogP contribution in [0.1, 0.15) is 43.0 Å². The van der Waals surface area contributed by atoms with E-state index in [1.54, 1.807) is 0 Å². The molecule has 0 amide bonds. The quantitative estimate of drug-likeness (QED) is 0.179. The molecule has 0 saturated heterocycles. The molecular weight excluding hydrogens is 552 g/mol. The molecule has 4 rings (SSSR count). The molecule has 0 bridgehead atoms. The Balaban J connectivity index is 0.00000108. The van der Waals surface area contributed by atoms with Gasteiger partial charge in [0, 0.05) is 28.8 Å². The number of phenolic OH excluding ortho intramolecular Hbond substituents is 1. The predicted octanol–water partition coefficient (Wildman–Crippen LogP) is 8.62. The van der Waals surface area contributed by atoms with E-state index in [-0.39, 0.29) is 11.8 Å². The molecule has 35 heavy (non-hydrogen) atoms. The van der Waals surface area contributed by atoms with Gasteiger partial charge in [-0.1, -0.05) is 103 Å². The molecule has 0 heterocycles. The zero-order chi connectivity index (χ0) is 25.3. The van der Waals surface area contributed by atoms with E-state index in [2.05, 4.69) is 60.4 Å². The Morgan fingerprint density at radius 1 is 0.771 bits per heavy atom. The number of rotatable bonds is 6. The van der Waals surface area contributed by atoms with Crippen LogP contribution >= 0.6 is 17.0 Å². The molecule has 0 atom stereocenters. The first-order valence-corrected chi connectivity index (χ1v) is 17.8. The number of hydrogen-bond donors (Lipinski definition) is 1. The number of hydrogen-bond acceptors (Lipinski definition) is 2. The van der Waals surface area contributed by atoms with Crippen LogP contribution in [0.15, 0.2) is 108 Å². The van der Waals surface area contributed by atoms with Gasteiger partial charge in [0.15, 0.2) is 0 Å². The van der Waals surface area contributed by atoms with E-state index in [0.717, 1.165) is 33.4 Å². The van der Waals surface area contributed by atoms with Crippen molar-refractivity contribution >= 4 is 23.2 Å². The summed E-state index contributed by atoms with van der Waals surface area (Å²) in [7, 11) is 9.87. The van der Waals surface area contributed by atoms with Crippen molar-refractivity contribution in [2.45, 2.75) is 32.2 Å². The van der Waals surface area contributed by atoms with Crippen LogP contribution in [0.2, 0.25) is 0 Å². The molecule has 0 saturated carbocycles. The Labute approximate surface area is 227 Å². The Morgan fingerprint density at radius 3 is 1.69 bits per heavy atom. The SMILES string of the molecule is CC(C)N=Cc1c(-c2ccccc2)ccc(C(C)(c2ccccc2)c2ccccc2)c1O.[Cl][Zr][Cl]. The average molecular weight is 582 g/mol. The molecule has 0 unspecified atom stereocenters. The van der Waals surface area contributed by atoms with E-state index in [0.29, 0.717) is 0 Å². The minimum atomic E-state index is -0.826. The summed E-state index contributed by atoms with van der Waals surface area (Å²) in [6, 6.07) is 35.2. The summed E-state index contributed by atoms with van der Waals surface area (Å²) in [5, 5.41) is 11.7. The maximum atomic E-state index is 11.7. The van der Waals surface area contributed by atoms with Crippen molar-refractivity contribution in [2.75, 3.05) is 0 Å². The predicted molar refractivity (Wildman–Crippen MR) is 146 cm³/mol. The summed E-state index contributed by atoms with van der Waals surface area (Å²) in [6.45, 7) is 6.26. The Kier molecular flexibility index (Phi) is 10.3. The number of halogens is 2. The molecule has 1 N–H and O–H groups in total. The summed E-state index contributed by atoms with van der Waals surface area (Å²) in [4.78, 5) is 4.63. The minimum absolute atomic E-state index is 0.135. The van der Waals surface area contributed by atoms with Gasteiger partial charge in [-0.3, -0.25) is 4.99 Å². The van der Waals surface area contributed by atoms with E-state index in [1.807, 2.05) is 74.7 Å². The number of aliphatic imine (C=N–C) groups is 1. The molecule has 0 spiro atoms. The van der Waals surface area contributed by atoms with Crippen molar-refractivity contribution in [1.29, 1.82) is 0 Å².